The van der Waals surface area contributed by atoms with E-state index in [-0.39, 0.29) is 0 Å². The molecule has 0 spiro atoms. The van der Waals surface area contributed by atoms with Crippen molar-refractivity contribution in [1.29, 1.82) is 0 Å². The Hall–Kier alpha value is -0.0800. The Labute approximate surface area is 101 Å². The van der Waals surface area contributed by atoms with Crippen LogP contribution in [0.25, 0.3) is 0 Å². The Morgan fingerprint density at radius 2 is 1.94 bits per heavy atom. The highest BCUT2D eigenvalue weighted by Gasteiger charge is 2.28. The predicted octanol–water partition coefficient (Wildman–Crippen LogP) is 2.64. The van der Waals surface area contributed by atoms with Crippen molar-refractivity contribution in [2.45, 2.75) is 64.0 Å². The largest absolute Gasteiger partial charge is 0.315 e. The molecule has 0 bridgehead atoms. The molecule has 2 nitrogen and oxygen atoms in total. The van der Waals surface area contributed by atoms with Crippen molar-refractivity contribution in [3.05, 3.63) is 0 Å². The Morgan fingerprint density at radius 1 is 1.12 bits per heavy atom. The van der Waals surface area contributed by atoms with Crippen LogP contribution in [-0.2, 0) is 0 Å². The lowest BCUT2D eigenvalue weighted by Gasteiger charge is -2.41. The van der Waals surface area contributed by atoms with E-state index in [0.29, 0.717) is 0 Å². The zero-order valence-corrected chi connectivity index (χ0v) is 11.0. The van der Waals surface area contributed by atoms with Crippen molar-refractivity contribution in [2.24, 2.45) is 5.92 Å². The number of likely N-dealkylation sites (N-methyl/N-ethyl adjacent to an activating group) is 1. The lowest BCUT2D eigenvalue weighted by Crippen LogP contribution is -2.49. The van der Waals surface area contributed by atoms with Crippen molar-refractivity contribution in [2.75, 3.05) is 20.1 Å². The van der Waals surface area contributed by atoms with Gasteiger partial charge in [0.15, 0.2) is 0 Å². The van der Waals surface area contributed by atoms with Gasteiger partial charge in [-0.25, -0.2) is 0 Å². The molecule has 1 saturated carbocycles. The summed E-state index contributed by atoms with van der Waals surface area (Å²) in [7, 11) is 2.36. The van der Waals surface area contributed by atoms with Gasteiger partial charge in [0.25, 0.3) is 0 Å². The number of rotatable bonds is 3. The van der Waals surface area contributed by atoms with Crippen LogP contribution in [0.2, 0.25) is 0 Å². The zero-order valence-electron chi connectivity index (χ0n) is 11.0. The second-order valence-corrected chi connectivity index (χ2v) is 5.76. The van der Waals surface area contributed by atoms with Crippen molar-refractivity contribution < 1.29 is 0 Å². The Morgan fingerprint density at radius 3 is 2.62 bits per heavy atom. The first-order chi connectivity index (χ1) is 7.81. The fourth-order valence-electron chi connectivity index (χ4n) is 3.48. The van der Waals surface area contributed by atoms with Gasteiger partial charge in [0.1, 0.15) is 0 Å². The third kappa shape index (κ3) is 2.98. The maximum Gasteiger partial charge on any atom is 0.0221 e. The monoisotopic (exact) mass is 224 g/mol. The van der Waals surface area contributed by atoms with Gasteiger partial charge in [-0.05, 0) is 45.2 Å². The fraction of sp³-hybridized carbons (Fsp3) is 1.00. The predicted molar refractivity (Wildman–Crippen MR) is 69.7 cm³/mol. The molecular weight excluding hydrogens is 196 g/mol. The summed E-state index contributed by atoms with van der Waals surface area (Å²) in [5, 5.41) is 3.54. The highest BCUT2D eigenvalue weighted by atomic mass is 15.2. The summed E-state index contributed by atoms with van der Waals surface area (Å²) in [6.07, 6.45) is 9.95. The Balaban J connectivity index is 1.84. The van der Waals surface area contributed by atoms with Crippen molar-refractivity contribution in [3.8, 4) is 0 Å². The van der Waals surface area contributed by atoms with Gasteiger partial charge in [-0.15, -0.1) is 0 Å². The molecule has 0 aromatic carbocycles. The van der Waals surface area contributed by atoms with Crippen molar-refractivity contribution >= 4 is 0 Å². The van der Waals surface area contributed by atoms with E-state index < -0.39 is 0 Å². The summed E-state index contributed by atoms with van der Waals surface area (Å²) in [5.74, 6) is 0.998. The van der Waals surface area contributed by atoms with E-state index in [1.165, 1.54) is 58.0 Å². The van der Waals surface area contributed by atoms with Gasteiger partial charge in [0, 0.05) is 18.6 Å². The van der Waals surface area contributed by atoms with Crippen LogP contribution in [-0.4, -0.2) is 37.1 Å². The normalized spacial score (nSPS) is 36.6. The standard InChI is InChI=1S/C14H28N2/c1-3-12-6-4-7-13(10-12)16(2)14-8-5-9-15-11-14/h12-15H,3-11H2,1-2H3. The molecule has 0 amide bonds. The topological polar surface area (TPSA) is 15.3 Å². The third-order valence-corrected chi connectivity index (χ3v) is 4.76. The molecule has 1 saturated heterocycles. The number of nitrogens with zero attached hydrogens (tertiary/aromatic N) is 1. The van der Waals surface area contributed by atoms with E-state index in [4.69, 9.17) is 0 Å². The molecule has 2 rings (SSSR count). The summed E-state index contributed by atoms with van der Waals surface area (Å²) >= 11 is 0. The minimum Gasteiger partial charge on any atom is -0.315 e. The average molecular weight is 224 g/mol. The first-order valence-electron chi connectivity index (χ1n) is 7.24. The van der Waals surface area contributed by atoms with E-state index >= 15 is 0 Å². The van der Waals surface area contributed by atoms with Crippen molar-refractivity contribution in [1.82, 2.24) is 10.2 Å². The van der Waals surface area contributed by atoms with Crippen LogP contribution in [0.5, 0.6) is 0 Å². The summed E-state index contributed by atoms with van der Waals surface area (Å²) in [6.45, 7) is 4.80. The molecule has 0 aromatic rings. The smallest absolute Gasteiger partial charge is 0.0221 e. The lowest BCUT2D eigenvalue weighted by atomic mass is 9.83. The summed E-state index contributed by atoms with van der Waals surface area (Å²) < 4.78 is 0. The molecule has 2 fully saturated rings. The fourth-order valence-corrected chi connectivity index (χ4v) is 3.48. The minimum absolute atomic E-state index is 0.800. The summed E-state index contributed by atoms with van der Waals surface area (Å²) in [6, 6.07) is 1.66. The molecule has 94 valence electrons. The molecule has 2 heteroatoms. The second-order valence-electron chi connectivity index (χ2n) is 5.76. The van der Waals surface area contributed by atoms with Gasteiger partial charge in [0.05, 0.1) is 0 Å². The first kappa shape index (κ1) is 12.4. The zero-order chi connectivity index (χ0) is 11.4. The van der Waals surface area contributed by atoms with Gasteiger partial charge >= 0.3 is 0 Å². The van der Waals surface area contributed by atoms with Gasteiger partial charge in [0.2, 0.25) is 0 Å². The maximum atomic E-state index is 3.54. The number of hydrogen-bond acceptors (Lipinski definition) is 2. The Kier molecular flexibility index (Phi) is 4.66. The van der Waals surface area contributed by atoms with Crippen LogP contribution in [0.15, 0.2) is 0 Å². The highest BCUT2D eigenvalue weighted by Crippen LogP contribution is 2.30. The summed E-state index contributed by atoms with van der Waals surface area (Å²) in [5.41, 5.74) is 0. The quantitative estimate of drug-likeness (QED) is 0.793. The maximum absolute atomic E-state index is 3.54. The molecule has 0 aromatic heterocycles. The van der Waals surface area contributed by atoms with E-state index in [9.17, 15) is 0 Å². The Bertz CT molecular complexity index is 199. The second kappa shape index (κ2) is 6.02. The van der Waals surface area contributed by atoms with Crippen LogP contribution < -0.4 is 5.32 Å². The SMILES string of the molecule is CCC1CCCC(N(C)C2CCCNC2)C1. The van der Waals surface area contributed by atoms with Crippen LogP contribution >= 0.6 is 0 Å². The molecule has 1 heterocycles. The summed E-state index contributed by atoms with van der Waals surface area (Å²) in [4.78, 5) is 2.69. The highest BCUT2D eigenvalue weighted by molar-refractivity contribution is 4.85. The molecule has 1 aliphatic carbocycles. The molecule has 2 aliphatic rings. The van der Waals surface area contributed by atoms with E-state index in [2.05, 4.69) is 24.2 Å². The van der Waals surface area contributed by atoms with E-state index in [0.717, 1.165) is 18.0 Å². The lowest BCUT2D eigenvalue weighted by molar-refractivity contribution is 0.0980. The van der Waals surface area contributed by atoms with Gasteiger partial charge < -0.3 is 5.32 Å². The van der Waals surface area contributed by atoms with Gasteiger partial charge in [-0.2, -0.15) is 0 Å². The van der Waals surface area contributed by atoms with E-state index in [1.807, 2.05) is 0 Å². The molecule has 1 N–H and O–H groups in total. The molecule has 16 heavy (non-hydrogen) atoms. The van der Waals surface area contributed by atoms with Crippen LogP contribution in [0.3, 0.4) is 0 Å². The first-order valence-corrected chi connectivity index (χ1v) is 7.24. The number of hydrogen-bond donors (Lipinski definition) is 1. The minimum atomic E-state index is 0.800. The average Bonchev–Trinajstić information content (AvgIpc) is 2.39. The van der Waals surface area contributed by atoms with Crippen LogP contribution in [0.1, 0.15) is 51.9 Å². The van der Waals surface area contributed by atoms with Crippen molar-refractivity contribution in [3.63, 3.8) is 0 Å². The molecule has 3 atom stereocenters. The van der Waals surface area contributed by atoms with Crippen LogP contribution in [0, 0.1) is 5.92 Å². The third-order valence-electron chi connectivity index (χ3n) is 4.76. The number of nitrogens with one attached hydrogen (secondary N) is 1. The number of piperidine rings is 1. The molecule has 0 radical (unpaired) electrons. The van der Waals surface area contributed by atoms with Gasteiger partial charge in [-0.3, -0.25) is 4.90 Å². The van der Waals surface area contributed by atoms with Gasteiger partial charge in [-0.1, -0.05) is 26.2 Å². The van der Waals surface area contributed by atoms with E-state index in [1.54, 1.807) is 0 Å². The van der Waals surface area contributed by atoms with Crippen LogP contribution in [0.4, 0.5) is 0 Å². The molecule has 1 aliphatic heterocycles. The molecule has 3 unspecified atom stereocenters. The molecular formula is C14H28N2.